The Bertz CT molecular complexity index is 475. The van der Waals surface area contributed by atoms with Gasteiger partial charge in [0.25, 0.3) is 0 Å². The van der Waals surface area contributed by atoms with Gasteiger partial charge in [-0.1, -0.05) is 0 Å². The van der Waals surface area contributed by atoms with Crippen LogP contribution in [0.5, 0.6) is 0 Å². The van der Waals surface area contributed by atoms with Crippen LogP contribution < -0.4 is 0 Å². The van der Waals surface area contributed by atoms with Gasteiger partial charge in [-0.3, -0.25) is 4.79 Å². The SMILES string of the molecule is CC1CC(C(=O)O)CCN1C(=O)N(C)Cc1ccsc1. The molecule has 110 valence electrons. The lowest BCUT2D eigenvalue weighted by Gasteiger charge is -2.38. The lowest BCUT2D eigenvalue weighted by molar-refractivity contribution is -0.143. The van der Waals surface area contributed by atoms with Crippen LogP contribution in [-0.4, -0.2) is 46.5 Å². The predicted molar refractivity (Wildman–Crippen MR) is 77.7 cm³/mol. The molecular formula is C14H20N2O3S. The third-order valence-corrected chi connectivity index (χ3v) is 4.53. The molecule has 6 heteroatoms. The average molecular weight is 296 g/mol. The highest BCUT2D eigenvalue weighted by Gasteiger charge is 2.33. The number of amides is 2. The molecule has 1 saturated heterocycles. The van der Waals surface area contributed by atoms with Crippen molar-refractivity contribution >= 4 is 23.3 Å². The number of thiophene rings is 1. The maximum atomic E-state index is 12.4. The number of carbonyl (C=O) groups is 2. The highest BCUT2D eigenvalue weighted by Crippen LogP contribution is 2.24. The Morgan fingerprint density at radius 1 is 1.55 bits per heavy atom. The monoisotopic (exact) mass is 296 g/mol. The zero-order valence-electron chi connectivity index (χ0n) is 11.8. The smallest absolute Gasteiger partial charge is 0.320 e. The van der Waals surface area contributed by atoms with E-state index in [0.717, 1.165) is 5.56 Å². The zero-order chi connectivity index (χ0) is 14.7. The van der Waals surface area contributed by atoms with Crippen LogP contribution in [0.15, 0.2) is 16.8 Å². The molecule has 1 aromatic heterocycles. The quantitative estimate of drug-likeness (QED) is 0.932. The molecule has 0 aromatic carbocycles. The standard InChI is InChI=1S/C14H20N2O3S/c1-10-7-12(13(17)18)3-5-16(10)14(19)15(2)8-11-4-6-20-9-11/h4,6,9-10,12H,3,5,7-8H2,1-2H3,(H,17,18). The Kier molecular flexibility index (Phi) is 4.65. The van der Waals surface area contributed by atoms with Crippen LogP contribution in [0.2, 0.25) is 0 Å². The van der Waals surface area contributed by atoms with Gasteiger partial charge in [0.2, 0.25) is 0 Å². The molecule has 1 N–H and O–H groups in total. The second-order valence-electron chi connectivity index (χ2n) is 5.37. The minimum absolute atomic E-state index is 0.0208. The van der Waals surface area contributed by atoms with Crippen molar-refractivity contribution in [3.8, 4) is 0 Å². The predicted octanol–water partition coefficient (Wildman–Crippen LogP) is 2.49. The summed E-state index contributed by atoms with van der Waals surface area (Å²) < 4.78 is 0. The van der Waals surface area contributed by atoms with Gasteiger partial charge in [-0.15, -0.1) is 0 Å². The van der Waals surface area contributed by atoms with Crippen LogP contribution in [0.25, 0.3) is 0 Å². The first-order chi connectivity index (χ1) is 9.49. The van der Waals surface area contributed by atoms with Gasteiger partial charge in [0.1, 0.15) is 0 Å². The number of hydrogen-bond acceptors (Lipinski definition) is 3. The normalized spacial score (nSPS) is 22.6. The molecule has 2 unspecified atom stereocenters. The molecule has 0 aliphatic carbocycles. The zero-order valence-corrected chi connectivity index (χ0v) is 12.6. The molecule has 2 atom stereocenters. The van der Waals surface area contributed by atoms with Gasteiger partial charge in [-0.25, -0.2) is 4.79 Å². The summed E-state index contributed by atoms with van der Waals surface area (Å²) >= 11 is 1.62. The number of carbonyl (C=O) groups excluding carboxylic acids is 1. The molecule has 0 radical (unpaired) electrons. The molecule has 2 rings (SSSR count). The van der Waals surface area contributed by atoms with Crippen LogP contribution in [-0.2, 0) is 11.3 Å². The molecule has 1 aliphatic heterocycles. The van der Waals surface area contributed by atoms with Gasteiger partial charge in [0.15, 0.2) is 0 Å². The number of rotatable bonds is 3. The lowest BCUT2D eigenvalue weighted by atomic mass is 9.92. The van der Waals surface area contributed by atoms with E-state index in [1.807, 2.05) is 23.8 Å². The topological polar surface area (TPSA) is 60.9 Å². The first-order valence-electron chi connectivity index (χ1n) is 6.74. The summed E-state index contributed by atoms with van der Waals surface area (Å²) in [6.07, 6.45) is 1.07. The molecule has 1 aromatic rings. The number of carboxylic acids is 1. The van der Waals surface area contributed by atoms with Crippen LogP contribution in [0.1, 0.15) is 25.3 Å². The second kappa shape index (κ2) is 6.26. The number of urea groups is 1. The van der Waals surface area contributed by atoms with Gasteiger partial charge in [0, 0.05) is 26.2 Å². The molecule has 2 amide bonds. The Hall–Kier alpha value is -1.56. The Morgan fingerprint density at radius 2 is 2.30 bits per heavy atom. The molecule has 1 aliphatic rings. The average Bonchev–Trinajstić information content (AvgIpc) is 2.90. The minimum Gasteiger partial charge on any atom is -0.481 e. The highest BCUT2D eigenvalue weighted by atomic mass is 32.1. The number of piperidine rings is 1. The number of hydrogen-bond donors (Lipinski definition) is 1. The second-order valence-corrected chi connectivity index (χ2v) is 6.15. The molecule has 5 nitrogen and oxygen atoms in total. The maximum absolute atomic E-state index is 12.4. The number of aliphatic carboxylic acids is 1. The number of likely N-dealkylation sites (tertiary alicyclic amines) is 1. The van der Waals surface area contributed by atoms with Gasteiger partial charge in [-0.2, -0.15) is 11.3 Å². The van der Waals surface area contributed by atoms with Crippen molar-refractivity contribution in [1.29, 1.82) is 0 Å². The number of carboxylic acid groups (broad SMARTS) is 1. The third-order valence-electron chi connectivity index (χ3n) is 3.80. The molecule has 0 saturated carbocycles. The first-order valence-corrected chi connectivity index (χ1v) is 7.69. The van der Waals surface area contributed by atoms with Gasteiger partial charge in [0.05, 0.1) is 5.92 Å². The Balaban J connectivity index is 1.94. The van der Waals surface area contributed by atoms with Crippen molar-refractivity contribution < 1.29 is 14.7 Å². The van der Waals surface area contributed by atoms with E-state index in [0.29, 0.717) is 25.9 Å². The van der Waals surface area contributed by atoms with E-state index < -0.39 is 5.97 Å². The molecule has 0 bridgehead atoms. The van der Waals surface area contributed by atoms with Crippen LogP contribution in [0.3, 0.4) is 0 Å². The fourth-order valence-corrected chi connectivity index (χ4v) is 3.28. The van der Waals surface area contributed by atoms with Crippen LogP contribution >= 0.6 is 11.3 Å². The fourth-order valence-electron chi connectivity index (χ4n) is 2.62. The summed E-state index contributed by atoms with van der Waals surface area (Å²) in [4.78, 5) is 26.9. The van der Waals surface area contributed by atoms with Gasteiger partial charge < -0.3 is 14.9 Å². The van der Waals surface area contributed by atoms with Gasteiger partial charge >= 0.3 is 12.0 Å². The number of nitrogens with zero attached hydrogens (tertiary/aromatic N) is 2. The van der Waals surface area contributed by atoms with E-state index in [1.165, 1.54) is 0 Å². The van der Waals surface area contributed by atoms with Crippen molar-refractivity contribution in [3.05, 3.63) is 22.4 Å². The van der Waals surface area contributed by atoms with Crippen molar-refractivity contribution in [3.63, 3.8) is 0 Å². The summed E-state index contributed by atoms with van der Waals surface area (Å²) in [7, 11) is 1.79. The van der Waals surface area contributed by atoms with Crippen LogP contribution in [0, 0.1) is 5.92 Å². The van der Waals surface area contributed by atoms with E-state index in [1.54, 1.807) is 28.2 Å². The highest BCUT2D eigenvalue weighted by molar-refractivity contribution is 7.07. The van der Waals surface area contributed by atoms with E-state index in [-0.39, 0.29) is 18.0 Å². The lowest BCUT2D eigenvalue weighted by Crippen LogP contribution is -2.50. The summed E-state index contributed by atoms with van der Waals surface area (Å²) in [5, 5.41) is 13.1. The van der Waals surface area contributed by atoms with E-state index in [2.05, 4.69) is 0 Å². The summed E-state index contributed by atoms with van der Waals surface area (Å²) in [5.41, 5.74) is 1.12. The maximum Gasteiger partial charge on any atom is 0.320 e. The summed E-state index contributed by atoms with van der Waals surface area (Å²) in [6.45, 7) is 3.03. The van der Waals surface area contributed by atoms with E-state index >= 15 is 0 Å². The van der Waals surface area contributed by atoms with E-state index in [9.17, 15) is 9.59 Å². The van der Waals surface area contributed by atoms with E-state index in [4.69, 9.17) is 5.11 Å². The van der Waals surface area contributed by atoms with Crippen molar-refractivity contribution in [2.45, 2.75) is 32.4 Å². The largest absolute Gasteiger partial charge is 0.481 e. The molecule has 1 fully saturated rings. The first kappa shape index (κ1) is 14.8. The molecule has 2 heterocycles. The molecule has 0 spiro atoms. The Morgan fingerprint density at radius 3 is 2.85 bits per heavy atom. The summed E-state index contributed by atoms with van der Waals surface area (Å²) in [6, 6.07) is 1.96. The molecular weight excluding hydrogens is 276 g/mol. The Labute approximate surface area is 122 Å². The van der Waals surface area contributed by atoms with Crippen LogP contribution in [0.4, 0.5) is 4.79 Å². The van der Waals surface area contributed by atoms with Gasteiger partial charge in [-0.05, 0) is 42.2 Å². The fraction of sp³-hybridized carbons (Fsp3) is 0.571. The van der Waals surface area contributed by atoms with Crippen molar-refractivity contribution in [2.75, 3.05) is 13.6 Å². The third kappa shape index (κ3) is 3.30. The van der Waals surface area contributed by atoms with Crippen molar-refractivity contribution in [1.82, 2.24) is 9.80 Å². The van der Waals surface area contributed by atoms with Crippen molar-refractivity contribution in [2.24, 2.45) is 5.92 Å². The molecule has 20 heavy (non-hydrogen) atoms. The minimum atomic E-state index is -0.754. The summed E-state index contributed by atoms with van der Waals surface area (Å²) in [5.74, 6) is -1.08.